The number of carbonyl (C=O) groups is 1. The van der Waals surface area contributed by atoms with Crippen LogP contribution in [-0.4, -0.2) is 13.1 Å². The van der Waals surface area contributed by atoms with Gasteiger partial charge >= 0.3 is 5.97 Å². The average molecular weight is 389 g/mol. The van der Waals surface area contributed by atoms with Crippen molar-refractivity contribution >= 4 is 21.9 Å². The van der Waals surface area contributed by atoms with Crippen LogP contribution in [0.1, 0.15) is 27.9 Å². The number of rotatable bonds is 4. The molecule has 0 aromatic heterocycles. The Morgan fingerprint density at radius 1 is 1.22 bits per heavy atom. The van der Waals surface area contributed by atoms with Crippen molar-refractivity contribution in [2.75, 3.05) is 7.11 Å². The highest BCUT2D eigenvalue weighted by atomic mass is 79.9. The van der Waals surface area contributed by atoms with Crippen LogP contribution in [0.2, 0.25) is 0 Å². The Hall–Kier alpha value is -2.02. The number of esters is 1. The minimum Gasteiger partial charge on any atom is -0.465 e. The van der Waals surface area contributed by atoms with Gasteiger partial charge in [0.15, 0.2) is 0 Å². The van der Waals surface area contributed by atoms with E-state index in [1.54, 1.807) is 0 Å². The van der Waals surface area contributed by atoms with Gasteiger partial charge in [0.25, 0.3) is 6.43 Å². The molecular formula is C16H12BrF3O3. The number of halogens is 4. The normalized spacial score (nSPS) is 10.7. The lowest BCUT2D eigenvalue weighted by Crippen LogP contribution is -2.01. The molecule has 122 valence electrons. The summed E-state index contributed by atoms with van der Waals surface area (Å²) in [5.41, 5.74) is -0.0245. The number of benzene rings is 2. The molecule has 0 aliphatic heterocycles. The van der Waals surface area contributed by atoms with Crippen LogP contribution in [0.4, 0.5) is 13.2 Å². The summed E-state index contributed by atoms with van der Waals surface area (Å²) in [6.45, 7) is 1.47. The molecule has 0 atom stereocenters. The maximum atomic E-state index is 13.6. The third-order valence-corrected chi connectivity index (χ3v) is 3.91. The standard InChI is InChI=1S/C16H12BrF3O3/c1-8-7-11(18)13(17)12(15(19)20)14(8)23-10-5-3-9(4-6-10)16(21)22-2/h3-7,15H,1-2H3. The number of hydrogen-bond acceptors (Lipinski definition) is 3. The molecule has 2 aromatic rings. The molecule has 2 aromatic carbocycles. The summed E-state index contributed by atoms with van der Waals surface area (Å²) in [5.74, 6) is -1.20. The predicted molar refractivity (Wildman–Crippen MR) is 81.6 cm³/mol. The summed E-state index contributed by atoms with van der Waals surface area (Å²) < 4.78 is 49.8. The molecule has 23 heavy (non-hydrogen) atoms. The Labute approximate surface area is 139 Å². The topological polar surface area (TPSA) is 35.5 Å². The van der Waals surface area contributed by atoms with Gasteiger partial charge in [-0.15, -0.1) is 0 Å². The van der Waals surface area contributed by atoms with E-state index in [4.69, 9.17) is 4.74 Å². The molecule has 0 saturated heterocycles. The van der Waals surface area contributed by atoms with E-state index in [2.05, 4.69) is 20.7 Å². The molecule has 0 unspecified atom stereocenters. The van der Waals surface area contributed by atoms with Crippen molar-refractivity contribution in [3.63, 3.8) is 0 Å². The number of aryl methyl sites for hydroxylation is 1. The van der Waals surface area contributed by atoms with Crippen LogP contribution >= 0.6 is 15.9 Å². The first-order chi connectivity index (χ1) is 10.8. The second kappa shape index (κ2) is 7.04. The van der Waals surface area contributed by atoms with Crippen molar-refractivity contribution in [1.29, 1.82) is 0 Å². The van der Waals surface area contributed by atoms with Crippen LogP contribution in [0.15, 0.2) is 34.8 Å². The van der Waals surface area contributed by atoms with Gasteiger partial charge in [0, 0.05) is 0 Å². The summed E-state index contributed by atoms with van der Waals surface area (Å²) in [5, 5.41) is 0. The zero-order chi connectivity index (χ0) is 17.1. The Kier molecular flexibility index (Phi) is 5.30. The molecule has 3 nitrogen and oxygen atoms in total. The summed E-state index contributed by atoms with van der Waals surface area (Å²) in [4.78, 5) is 11.4. The summed E-state index contributed by atoms with van der Waals surface area (Å²) in [7, 11) is 1.25. The minimum absolute atomic E-state index is 0.126. The molecule has 0 amide bonds. The zero-order valence-corrected chi connectivity index (χ0v) is 13.8. The largest absolute Gasteiger partial charge is 0.465 e. The van der Waals surface area contributed by atoms with Gasteiger partial charge < -0.3 is 9.47 Å². The van der Waals surface area contributed by atoms with E-state index in [1.165, 1.54) is 38.3 Å². The Bertz CT molecular complexity index is 730. The fourth-order valence-electron chi connectivity index (χ4n) is 1.98. The van der Waals surface area contributed by atoms with Crippen LogP contribution in [-0.2, 0) is 4.74 Å². The first-order valence-corrected chi connectivity index (χ1v) is 7.27. The fraction of sp³-hybridized carbons (Fsp3) is 0.188. The summed E-state index contributed by atoms with van der Waals surface area (Å²) >= 11 is 2.82. The highest BCUT2D eigenvalue weighted by Gasteiger charge is 2.24. The van der Waals surface area contributed by atoms with E-state index in [1.807, 2.05) is 0 Å². The monoisotopic (exact) mass is 388 g/mol. The minimum atomic E-state index is -2.91. The van der Waals surface area contributed by atoms with Gasteiger partial charge in [-0.1, -0.05) is 0 Å². The lowest BCUT2D eigenvalue weighted by molar-refractivity contribution is 0.0600. The highest BCUT2D eigenvalue weighted by Crippen LogP contribution is 2.41. The summed E-state index contributed by atoms with van der Waals surface area (Å²) in [6, 6.07) is 6.87. The third-order valence-electron chi connectivity index (χ3n) is 3.11. The van der Waals surface area contributed by atoms with Gasteiger partial charge in [0.1, 0.15) is 17.3 Å². The van der Waals surface area contributed by atoms with E-state index in [0.29, 0.717) is 5.56 Å². The molecule has 0 radical (unpaired) electrons. The van der Waals surface area contributed by atoms with Crippen molar-refractivity contribution in [1.82, 2.24) is 0 Å². The van der Waals surface area contributed by atoms with Gasteiger partial charge in [-0.2, -0.15) is 0 Å². The van der Waals surface area contributed by atoms with E-state index < -0.39 is 23.8 Å². The molecule has 0 spiro atoms. The smallest absolute Gasteiger partial charge is 0.337 e. The maximum Gasteiger partial charge on any atom is 0.337 e. The van der Waals surface area contributed by atoms with Crippen LogP contribution < -0.4 is 4.74 Å². The van der Waals surface area contributed by atoms with Crippen molar-refractivity contribution in [2.45, 2.75) is 13.3 Å². The Balaban J connectivity index is 2.40. The first-order valence-electron chi connectivity index (χ1n) is 6.48. The van der Waals surface area contributed by atoms with Gasteiger partial charge in [-0.25, -0.2) is 18.0 Å². The van der Waals surface area contributed by atoms with Gasteiger partial charge in [0.05, 0.1) is 22.7 Å². The Morgan fingerprint density at radius 3 is 2.35 bits per heavy atom. The molecule has 0 aliphatic carbocycles. The molecule has 0 N–H and O–H groups in total. The molecule has 0 heterocycles. The van der Waals surface area contributed by atoms with Crippen molar-refractivity contribution in [3.05, 3.63) is 57.3 Å². The third kappa shape index (κ3) is 3.67. The van der Waals surface area contributed by atoms with E-state index in [-0.39, 0.29) is 21.5 Å². The predicted octanol–water partition coefficient (Wildman–Crippen LogP) is 5.41. The van der Waals surface area contributed by atoms with Crippen LogP contribution in [0.25, 0.3) is 0 Å². The number of ether oxygens (including phenoxy) is 2. The molecular weight excluding hydrogens is 377 g/mol. The molecule has 7 heteroatoms. The zero-order valence-electron chi connectivity index (χ0n) is 12.2. The van der Waals surface area contributed by atoms with Gasteiger partial charge in [-0.3, -0.25) is 0 Å². The first kappa shape index (κ1) is 17.3. The number of hydrogen-bond donors (Lipinski definition) is 0. The van der Waals surface area contributed by atoms with Gasteiger partial charge in [0.2, 0.25) is 0 Å². The second-order valence-corrected chi connectivity index (χ2v) is 5.44. The SMILES string of the molecule is COC(=O)c1ccc(Oc2c(C)cc(F)c(Br)c2C(F)F)cc1. The van der Waals surface area contributed by atoms with Crippen molar-refractivity contribution in [2.24, 2.45) is 0 Å². The lowest BCUT2D eigenvalue weighted by atomic mass is 10.1. The van der Waals surface area contributed by atoms with E-state index in [9.17, 15) is 18.0 Å². The van der Waals surface area contributed by atoms with E-state index in [0.717, 1.165) is 6.07 Å². The second-order valence-electron chi connectivity index (χ2n) is 4.65. The van der Waals surface area contributed by atoms with E-state index >= 15 is 0 Å². The molecule has 0 bridgehead atoms. The molecule has 0 saturated carbocycles. The maximum absolute atomic E-state index is 13.6. The lowest BCUT2D eigenvalue weighted by Gasteiger charge is -2.16. The number of carbonyl (C=O) groups excluding carboxylic acids is 1. The molecule has 2 rings (SSSR count). The number of alkyl halides is 2. The van der Waals surface area contributed by atoms with Crippen LogP contribution in [0, 0.1) is 12.7 Å². The molecule has 0 fully saturated rings. The molecule has 0 aliphatic rings. The van der Waals surface area contributed by atoms with Crippen LogP contribution in [0.3, 0.4) is 0 Å². The average Bonchev–Trinajstić information content (AvgIpc) is 2.52. The van der Waals surface area contributed by atoms with Crippen molar-refractivity contribution in [3.8, 4) is 11.5 Å². The number of methoxy groups -OCH3 is 1. The van der Waals surface area contributed by atoms with Crippen molar-refractivity contribution < 1.29 is 27.4 Å². The van der Waals surface area contributed by atoms with Gasteiger partial charge in [-0.05, 0) is 58.7 Å². The highest BCUT2D eigenvalue weighted by molar-refractivity contribution is 9.10. The summed E-state index contributed by atoms with van der Waals surface area (Å²) in [6.07, 6.45) is -2.91. The fourth-order valence-corrected chi connectivity index (χ4v) is 2.45. The Morgan fingerprint density at radius 2 is 1.83 bits per heavy atom. The quantitative estimate of drug-likeness (QED) is 0.656. The van der Waals surface area contributed by atoms with Crippen LogP contribution in [0.5, 0.6) is 11.5 Å².